The average Bonchev–Trinajstić information content (AvgIpc) is 2.26. The lowest BCUT2D eigenvalue weighted by atomic mass is 9.87. The van der Waals surface area contributed by atoms with Gasteiger partial charge in [-0.15, -0.1) is 0 Å². The first kappa shape index (κ1) is 16.8. The second-order valence-corrected chi connectivity index (χ2v) is 5.97. The monoisotopic (exact) mass is 285 g/mol. The fraction of sp³-hybridized carbons (Fsp3) is 0.857. The third-order valence-corrected chi connectivity index (χ3v) is 4.02. The molecule has 2 amide bonds. The van der Waals surface area contributed by atoms with Gasteiger partial charge in [0.1, 0.15) is 0 Å². The smallest absolute Gasteiger partial charge is 0.320 e. The maximum absolute atomic E-state index is 12.4. The van der Waals surface area contributed by atoms with E-state index in [1.807, 2.05) is 32.8 Å². The average molecular weight is 285 g/mol. The number of urea groups is 1. The van der Waals surface area contributed by atoms with Crippen molar-refractivity contribution in [2.45, 2.75) is 26.8 Å². The minimum Gasteiger partial charge on any atom is -0.481 e. The summed E-state index contributed by atoms with van der Waals surface area (Å²) in [6, 6.07) is 0.175. The number of hydrogen-bond donors (Lipinski definition) is 1. The lowest BCUT2D eigenvalue weighted by Gasteiger charge is -2.44. The molecule has 6 nitrogen and oxygen atoms in total. The predicted molar refractivity (Wildman–Crippen MR) is 77.7 cm³/mol. The number of amides is 2. The summed E-state index contributed by atoms with van der Waals surface area (Å²) < 4.78 is 0. The highest BCUT2D eigenvalue weighted by Gasteiger charge is 2.39. The van der Waals surface area contributed by atoms with Crippen LogP contribution in [0.3, 0.4) is 0 Å². The van der Waals surface area contributed by atoms with Crippen LogP contribution in [0, 0.1) is 11.8 Å². The number of nitrogens with zero attached hydrogens (tertiary/aromatic N) is 3. The van der Waals surface area contributed by atoms with Crippen molar-refractivity contribution in [3.8, 4) is 0 Å². The largest absolute Gasteiger partial charge is 0.481 e. The van der Waals surface area contributed by atoms with Crippen LogP contribution in [0.4, 0.5) is 4.79 Å². The van der Waals surface area contributed by atoms with E-state index < -0.39 is 5.97 Å². The number of carboxylic acid groups (broad SMARTS) is 1. The van der Waals surface area contributed by atoms with Crippen LogP contribution < -0.4 is 0 Å². The molecule has 0 radical (unpaired) electrons. The highest BCUT2D eigenvalue weighted by Crippen LogP contribution is 2.25. The van der Waals surface area contributed by atoms with Crippen molar-refractivity contribution in [2.75, 3.05) is 40.3 Å². The zero-order valence-electron chi connectivity index (χ0n) is 13.2. The Kier molecular flexibility index (Phi) is 5.80. The molecule has 0 bridgehead atoms. The SMILES string of the molecule is CCN(C(=O)N1CC(C(C)C(=O)O)C1)C(C)CN(C)C. The fourth-order valence-corrected chi connectivity index (χ4v) is 2.63. The molecule has 1 rings (SSSR count). The standard InChI is InChI=1S/C14H27N3O3/c1-6-17(10(2)7-15(4)5)14(20)16-8-12(9-16)11(3)13(18)19/h10-12H,6-9H2,1-5H3,(H,18,19). The first-order valence-electron chi connectivity index (χ1n) is 7.21. The molecule has 0 spiro atoms. The highest BCUT2D eigenvalue weighted by molar-refractivity contribution is 5.76. The summed E-state index contributed by atoms with van der Waals surface area (Å²) >= 11 is 0. The van der Waals surface area contributed by atoms with Gasteiger partial charge in [-0.2, -0.15) is 0 Å². The molecule has 116 valence electrons. The van der Waals surface area contributed by atoms with Crippen molar-refractivity contribution in [3.05, 3.63) is 0 Å². The van der Waals surface area contributed by atoms with Crippen LogP contribution in [-0.2, 0) is 4.79 Å². The van der Waals surface area contributed by atoms with Crippen molar-refractivity contribution >= 4 is 12.0 Å². The summed E-state index contributed by atoms with van der Waals surface area (Å²) in [4.78, 5) is 29.0. The Balaban J connectivity index is 2.52. The number of aliphatic carboxylic acids is 1. The van der Waals surface area contributed by atoms with E-state index in [0.717, 1.165) is 6.54 Å². The molecule has 0 aromatic heterocycles. The number of carbonyl (C=O) groups is 2. The topological polar surface area (TPSA) is 64.1 Å². The number of likely N-dealkylation sites (tertiary alicyclic amines) is 1. The third-order valence-electron chi connectivity index (χ3n) is 4.02. The van der Waals surface area contributed by atoms with Crippen LogP contribution in [0.5, 0.6) is 0 Å². The zero-order valence-corrected chi connectivity index (χ0v) is 13.2. The molecule has 6 heteroatoms. The summed E-state index contributed by atoms with van der Waals surface area (Å²) in [5, 5.41) is 8.97. The molecule has 2 unspecified atom stereocenters. The molecule has 1 aliphatic rings. The summed E-state index contributed by atoms with van der Waals surface area (Å²) in [7, 11) is 3.98. The number of carboxylic acids is 1. The molecule has 0 aromatic carbocycles. The zero-order chi connectivity index (χ0) is 15.4. The quantitative estimate of drug-likeness (QED) is 0.792. The van der Waals surface area contributed by atoms with Gasteiger partial charge in [0.2, 0.25) is 0 Å². The van der Waals surface area contributed by atoms with Gasteiger partial charge in [-0.05, 0) is 27.9 Å². The number of likely N-dealkylation sites (N-methyl/N-ethyl adjacent to an activating group) is 2. The van der Waals surface area contributed by atoms with Crippen LogP contribution in [0.15, 0.2) is 0 Å². The number of rotatable bonds is 6. The van der Waals surface area contributed by atoms with Gasteiger partial charge >= 0.3 is 12.0 Å². The Hall–Kier alpha value is -1.30. The lowest BCUT2D eigenvalue weighted by Crippen LogP contribution is -2.59. The first-order chi connectivity index (χ1) is 9.27. The van der Waals surface area contributed by atoms with Crippen LogP contribution in [0.2, 0.25) is 0 Å². The molecule has 1 N–H and O–H groups in total. The van der Waals surface area contributed by atoms with Crippen LogP contribution in [-0.4, -0.2) is 78.1 Å². The Bertz CT molecular complexity index is 354. The van der Waals surface area contributed by atoms with Crippen LogP contribution in [0.1, 0.15) is 20.8 Å². The van der Waals surface area contributed by atoms with Crippen molar-refractivity contribution in [1.29, 1.82) is 0 Å². The molecule has 0 aromatic rings. The molecular formula is C14H27N3O3. The first-order valence-corrected chi connectivity index (χ1v) is 7.21. The van der Waals surface area contributed by atoms with Gasteiger partial charge < -0.3 is 19.8 Å². The third kappa shape index (κ3) is 3.85. The Morgan fingerprint density at radius 3 is 2.25 bits per heavy atom. The molecule has 0 aliphatic carbocycles. The van der Waals surface area contributed by atoms with Gasteiger partial charge in [-0.3, -0.25) is 4.79 Å². The van der Waals surface area contributed by atoms with Gasteiger partial charge in [0.25, 0.3) is 0 Å². The fourth-order valence-electron chi connectivity index (χ4n) is 2.63. The second-order valence-electron chi connectivity index (χ2n) is 5.97. The van der Waals surface area contributed by atoms with Crippen molar-refractivity contribution in [1.82, 2.24) is 14.7 Å². The minimum absolute atomic E-state index is 0.0238. The van der Waals surface area contributed by atoms with Crippen LogP contribution in [0.25, 0.3) is 0 Å². The van der Waals surface area contributed by atoms with Gasteiger partial charge in [-0.1, -0.05) is 6.92 Å². The van der Waals surface area contributed by atoms with E-state index in [2.05, 4.69) is 4.90 Å². The Morgan fingerprint density at radius 1 is 1.30 bits per heavy atom. The maximum Gasteiger partial charge on any atom is 0.320 e. The molecular weight excluding hydrogens is 258 g/mol. The van der Waals surface area contributed by atoms with Crippen molar-refractivity contribution < 1.29 is 14.7 Å². The van der Waals surface area contributed by atoms with Gasteiger partial charge in [0.15, 0.2) is 0 Å². The Morgan fingerprint density at radius 2 is 1.85 bits per heavy atom. The molecule has 1 heterocycles. The van der Waals surface area contributed by atoms with Gasteiger partial charge in [-0.25, -0.2) is 4.79 Å². The van der Waals surface area contributed by atoms with E-state index in [4.69, 9.17) is 5.11 Å². The van der Waals surface area contributed by atoms with E-state index in [9.17, 15) is 9.59 Å². The van der Waals surface area contributed by atoms with Crippen molar-refractivity contribution in [3.63, 3.8) is 0 Å². The van der Waals surface area contributed by atoms with Gasteiger partial charge in [0.05, 0.1) is 5.92 Å². The molecule has 1 saturated heterocycles. The Labute approximate surface area is 121 Å². The van der Waals surface area contributed by atoms with E-state index in [1.165, 1.54) is 0 Å². The van der Waals surface area contributed by atoms with Crippen LogP contribution >= 0.6 is 0 Å². The second kappa shape index (κ2) is 6.92. The van der Waals surface area contributed by atoms with E-state index in [0.29, 0.717) is 19.6 Å². The number of carbonyl (C=O) groups excluding carboxylic acids is 1. The normalized spacial score (nSPS) is 18.6. The molecule has 1 fully saturated rings. The van der Waals surface area contributed by atoms with E-state index in [-0.39, 0.29) is 23.9 Å². The highest BCUT2D eigenvalue weighted by atomic mass is 16.4. The molecule has 1 aliphatic heterocycles. The molecule has 0 saturated carbocycles. The minimum atomic E-state index is -0.782. The van der Waals surface area contributed by atoms with E-state index >= 15 is 0 Å². The predicted octanol–water partition coefficient (Wildman–Crippen LogP) is 1.03. The summed E-state index contributed by atoms with van der Waals surface area (Å²) in [5.74, 6) is -1.08. The van der Waals surface area contributed by atoms with E-state index in [1.54, 1.807) is 11.8 Å². The lowest BCUT2D eigenvalue weighted by molar-refractivity contribution is -0.145. The number of hydrogen-bond acceptors (Lipinski definition) is 3. The summed E-state index contributed by atoms with van der Waals surface area (Å²) in [6.45, 7) is 8.32. The summed E-state index contributed by atoms with van der Waals surface area (Å²) in [5.41, 5.74) is 0. The molecule has 20 heavy (non-hydrogen) atoms. The summed E-state index contributed by atoms with van der Waals surface area (Å²) in [6.07, 6.45) is 0. The molecule has 2 atom stereocenters. The maximum atomic E-state index is 12.4. The van der Waals surface area contributed by atoms with Crippen molar-refractivity contribution in [2.24, 2.45) is 11.8 Å². The van der Waals surface area contributed by atoms with Gasteiger partial charge in [0, 0.05) is 38.1 Å².